The molecule has 0 bridgehead atoms. The number of amides is 2. The molecule has 1 aliphatic heterocycles. The van der Waals surface area contributed by atoms with Crippen LogP contribution in [0.25, 0.3) is 11.0 Å². The average Bonchev–Trinajstić information content (AvgIpc) is 3.62. The lowest BCUT2D eigenvalue weighted by Gasteiger charge is -2.25. The fraction of sp³-hybridized carbons (Fsp3) is 0.344. The summed E-state index contributed by atoms with van der Waals surface area (Å²) in [7, 11) is 0. The number of carbonyl (C=O) groups is 2. The number of alkyl halides is 3. The van der Waals surface area contributed by atoms with Crippen LogP contribution in [0.3, 0.4) is 0 Å². The van der Waals surface area contributed by atoms with E-state index in [0.29, 0.717) is 48.3 Å². The van der Waals surface area contributed by atoms with E-state index in [1.165, 1.54) is 6.07 Å². The lowest BCUT2D eigenvalue weighted by Crippen LogP contribution is -2.48. The largest absolute Gasteiger partial charge is 0.416 e. The van der Waals surface area contributed by atoms with Gasteiger partial charge in [0.2, 0.25) is 5.91 Å². The van der Waals surface area contributed by atoms with Gasteiger partial charge >= 0.3 is 6.18 Å². The Morgan fingerprint density at radius 3 is 2.53 bits per heavy atom. The minimum absolute atomic E-state index is 0.0193. The van der Waals surface area contributed by atoms with Gasteiger partial charge in [-0.3, -0.25) is 9.59 Å². The van der Waals surface area contributed by atoms with Crippen molar-refractivity contribution >= 4 is 28.5 Å². The number of imidazole rings is 1. The number of fused-ring (bicyclic) bond motifs is 1. The topological polar surface area (TPSA) is 99.5 Å². The van der Waals surface area contributed by atoms with Gasteiger partial charge in [-0.2, -0.15) is 13.2 Å². The van der Waals surface area contributed by atoms with Crippen molar-refractivity contribution in [3.8, 4) is 0 Å². The Bertz CT molecular complexity index is 1590. The SMILES string of the molecule is CCn1cnc2c(N3CCCC3=O)cc(C(=O)N[C@@H](Cc3ccccc3)[C@@H](O)CNCc3cccc(C(F)(F)F)c3)cc21. The predicted molar refractivity (Wildman–Crippen MR) is 158 cm³/mol. The number of aliphatic hydroxyl groups is 1. The maximum atomic E-state index is 13.7. The number of nitrogens with one attached hydrogen (secondary N) is 2. The van der Waals surface area contributed by atoms with E-state index in [4.69, 9.17) is 0 Å². The molecule has 43 heavy (non-hydrogen) atoms. The lowest BCUT2D eigenvalue weighted by molar-refractivity contribution is -0.137. The number of aryl methyl sites for hydroxylation is 1. The third-order valence-electron chi connectivity index (χ3n) is 7.69. The monoisotopic (exact) mass is 593 g/mol. The molecule has 2 atom stereocenters. The second-order valence-electron chi connectivity index (χ2n) is 10.7. The van der Waals surface area contributed by atoms with Crippen LogP contribution < -0.4 is 15.5 Å². The summed E-state index contributed by atoms with van der Waals surface area (Å²) in [5, 5.41) is 17.2. The van der Waals surface area contributed by atoms with Gasteiger partial charge in [-0.1, -0.05) is 48.5 Å². The number of anilines is 1. The number of hydrogen-bond acceptors (Lipinski definition) is 5. The molecule has 1 aliphatic rings. The van der Waals surface area contributed by atoms with Crippen LogP contribution in [0.4, 0.5) is 18.9 Å². The van der Waals surface area contributed by atoms with Crippen LogP contribution in [-0.4, -0.2) is 51.7 Å². The molecule has 0 radical (unpaired) electrons. The fourth-order valence-electron chi connectivity index (χ4n) is 5.40. The highest BCUT2D eigenvalue weighted by Gasteiger charge is 2.31. The van der Waals surface area contributed by atoms with E-state index >= 15 is 0 Å². The molecule has 2 amide bonds. The van der Waals surface area contributed by atoms with Gasteiger partial charge in [0.15, 0.2) is 0 Å². The Labute approximate surface area is 247 Å². The van der Waals surface area contributed by atoms with Crippen molar-refractivity contribution in [2.45, 2.75) is 57.6 Å². The number of rotatable bonds is 11. The Kier molecular flexibility index (Phi) is 9.12. The van der Waals surface area contributed by atoms with Gasteiger partial charge in [0.05, 0.1) is 35.2 Å². The molecule has 0 unspecified atom stereocenters. The van der Waals surface area contributed by atoms with Crippen LogP contribution in [0.15, 0.2) is 73.1 Å². The zero-order chi connectivity index (χ0) is 30.6. The van der Waals surface area contributed by atoms with Crippen LogP contribution >= 0.6 is 0 Å². The number of aromatic nitrogens is 2. The molecule has 1 saturated heterocycles. The average molecular weight is 594 g/mol. The molecular weight excluding hydrogens is 559 g/mol. The zero-order valence-electron chi connectivity index (χ0n) is 23.8. The highest BCUT2D eigenvalue weighted by Crippen LogP contribution is 2.31. The summed E-state index contributed by atoms with van der Waals surface area (Å²) < 4.78 is 41.2. The maximum Gasteiger partial charge on any atom is 0.416 e. The van der Waals surface area contributed by atoms with Crippen molar-refractivity contribution in [1.29, 1.82) is 0 Å². The highest BCUT2D eigenvalue weighted by molar-refractivity contribution is 6.07. The molecule has 1 aromatic heterocycles. The number of aliphatic hydroxyl groups excluding tert-OH is 1. The van der Waals surface area contributed by atoms with E-state index in [2.05, 4.69) is 15.6 Å². The third-order valence-corrected chi connectivity index (χ3v) is 7.69. The molecule has 1 fully saturated rings. The van der Waals surface area contributed by atoms with Gasteiger partial charge in [-0.25, -0.2) is 4.98 Å². The predicted octanol–water partition coefficient (Wildman–Crippen LogP) is 4.69. The van der Waals surface area contributed by atoms with Gasteiger partial charge in [-0.15, -0.1) is 0 Å². The van der Waals surface area contributed by atoms with Crippen LogP contribution in [-0.2, 0) is 30.5 Å². The first kappa shape index (κ1) is 30.2. The standard InChI is InChI=1S/C32H34F3N5O3/c1-2-39-20-37-30-26(39)16-23(17-27(30)40-13-7-12-29(40)42)31(43)38-25(15-21-8-4-3-5-9-21)28(41)19-36-18-22-10-6-11-24(14-22)32(33,34)35/h3-6,8-11,14,16-17,20,25,28,36,41H,2,7,12-13,15,18-19H2,1H3,(H,38,43)/t25-,28-/m0/s1. The van der Waals surface area contributed by atoms with Crippen LogP contribution in [0, 0.1) is 0 Å². The molecule has 226 valence electrons. The molecule has 5 rings (SSSR count). The molecule has 3 aromatic carbocycles. The summed E-state index contributed by atoms with van der Waals surface area (Å²) in [4.78, 5) is 32.5. The van der Waals surface area contributed by atoms with Crippen LogP contribution in [0.2, 0.25) is 0 Å². The summed E-state index contributed by atoms with van der Waals surface area (Å²) in [5.74, 6) is -0.439. The molecular formula is C32H34F3N5O3. The van der Waals surface area contributed by atoms with Crippen molar-refractivity contribution in [2.75, 3.05) is 18.0 Å². The lowest BCUT2D eigenvalue weighted by atomic mass is 10.00. The molecule has 0 saturated carbocycles. The minimum Gasteiger partial charge on any atom is -0.390 e. The molecule has 11 heteroatoms. The Balaban J connectivity index is 1.36. The summed E-state index contributed by atoms with van der Waals surface area (Å²) >= 11 is 0. The van der Waals surface area contributed by atoms with Crippen molar-refractivity contribution in [1.82, 2.24) is 20.2 Å². The molecule has 8 nitrogen and oxygen atoms in total. The minimum atomic E-state index is -4.44. The second-order valence-corrected chi connectivity index (χ2v) is 10.7. The van der Waals surface area contributed by atoms with E-state index in [9.17, 15) is 27.9 Å². The first-order valence-corrected chi connectivity index (χ1v) is 14.3. The van der Waals surface area contributed by atoms with Crippen molar-refractivity contribution < 1.29 is 27.9 Å². The summed E-state index contributed by atoms with van der Waals surface area (Å²) in [6.45, 7) is 3.28. The van der Waals surface area contributed by atoms with Crippen molar-refractivity contribution in [3.05, 3.63) is 95.3 Å². The number of hydrogen-bond donors (Lipinski definition) is 3. The Hall–Kier alpha value is -4.22. The van der Waals surface area contributed by atoms with E-state index in [-0.39, 0.29) is 19.0 Å². The normalized spacial score (nSPS) is 15.2. The summed E-state index contributed by atoms with van der Waals surface area (Å²) in [6, 6.07) is 17.1. The van der Waals surface area contributed by atoms with Crippen LogP contribution in [0.5, 0.6) is 0 Å². The number of nitrogens with zero attached hydrogens (tertiary/aromatic N) is 3. The quantitative estimate of drug-likeness (QED) is 0.234. The Morgan fingerprint density at radius 1 is 1.07 bits per heavy atom. The molecule has 0 aliphatic carbocycles. The van der Waals surface area contributed by atoms with Gasteiger partial charge in [0.25, 0.3) is 5.91 Å². The number of benzene rings is 3. The van der Waals surface area contributed by atoms with Crippen molar-refractivity contribution in [2.24, 2.45) is 0 Å². The van der Waals surface area contributed by atoms with Gasteiger partial charge in [-0.05, 0) is 49.1 Å². The number of carbonyl (C=O) groups excluding carboxylic acids is 2. The van der Waals surface area contributed by atoms with Gasteiger partial charge in [0.1, 0.15) is 5.52 Å². The summed E-state index contributed by atoms with van der Waals surface area (Å²) in [5.41, 5.74) is 2.88. The van der Waals surface area contributed by atoms with E-state index in [1.807, 2.05) is 41.8 Å². The fourth-order valence-corrected chi connectivity index (χ4v) is 5.40. The molecule has 2 heterocycles. The first-order chi connectivity index (χ1) is 20.6. The maximum absolute atomic E-state index is 13.7. The number of halogens is 3. The Morgan fingerprint density at radius 2 is 1.84 bits per heavy atom. The van der Waals surface area contributed by atoms with Gasteiger partial charge < -0.3 is 25.2 Å². The molecule has 3 N–H and O–H groups in total. The van der Waals surface area contributed by atoms with Crippen LogP contribution in [0.1, 0.15) is 46.8 Å². The first-order valence-electron chi connectivity index (χ1n) is 14.3. The van der Waals surface area contributed by atoms with Crippen molar-refractivity contribution in [3.63, 3.8) is 0 Å². The highest BCUT2D eigenvalue weighted by atomic mass is 19.4. The molecule has 0 spiro atoms. The third kappa shape index (κ3) is 7.06. The molecule has 4 aromatic rings. The van der Waals surface area contributed by atoms with E-state index in [1.54, 1.807) is 29.4 Å². The van der Waals surface area contributed by atoms with E-state index in [0.717, 1.165) is 29.6 Å². The summed E-state index contributed by atoms with van der Waals surface area (Å²) in [6.07, 6.45) is -2.32. The van der Waals surface area contributed by atoms with E-state index < -0.39 is 29.8 Å². The second kappa shape index (κ2) is 13.0. The smallest absolute Gasteiger partial charge is 0.390 e. The van der Waals surface area contributed by atoms with Gasteiger partial charge in [0, 0.05) is 38.2 Å². The zero-order valence-corrected chi connectivity index (χ0v) is 23.8.